The van der Waals surface area contributed by atoms with Gasteiger partial charge in [-0.15, -0.1) is 0 Å². The molecule has 0 bridgehead atoms. The number of benzene rings is 1. The van der Waals surface area contributed by atoms with Crippen LogP contribution in [0.1, 0.15) is 37.0 Å². The fraction of sp³-hybridized carbons (Fsp3) is 0.385. The molecule has 0 fully saturated rings. The molecule has 3 heteroatoms. The molecule has 0 unspecified atom stereocenters. The lowest BCUT2D eigenvalue weighted by atomic mass is 9.86. The number of fused-ring (bicyclic) bond motifs is 1. The van der Waals surface area contributed by atoms with E-state index < -0.39 is 5.41 Å². The topological polar surface area (TPSA) is 43.1 Å². The van der Waals surface area contributed by atoms with Gasteiger partial charge < -0.3 is 4.42 Å². The minimum Gasteiger partial charge on any atom is -0.441 e. The van der Waals surface area contributed by atoms with Crippen molar-refractivity contribution in [3.05, 3.63) is 29.7 Å². The van der Waals surface area contributed by atoms with Crippen molar-refractivity contribution in [1.29, 1.82) is 0 Å². The third-order valence-electron chi connectivity index (χ3n) is 2.45. The zero-order valence-electron chi connectivity index (χ0n) is 10.00. The van der Waals surface area contributed by atoms with Crippen LogP contribution in [0.3, 0.4) is 0 Å². The summed E-state index contributed by atoms with van der Waals surface area (Å²) in [5.41, 5.74) is 1.58. The predicted octanol–water partition coefficient (Wildman–Crippen LogP) is 3.37. The SMILES string of the molecule is Cc1nc2c(C(=O)C(C)(C)C)cccc2o1. The van der Waals surface area contributed by atoms with Gasteiger partial charge in [0.1, 0.15) is 5.52 Å². The summed E-state index contributed by atoms with van der Waals surface area (Å²) >= 11 is 0. The standard InChI is InChI=1S/C13H15NO2/c1-8-14-11-9(12(15)13(2,3)4)6-5-7-10(11)16-8/h5-7H,1-4H3. The molecule has 84 valence electrons. The number of hydrogen-bond donors (Lipinski definition) is 0. The fourth-order valence-corrected chi connectivity index (χ4v) is 1.65. The van der Waals surface area contributed by atoms with Crippen molar-refractivity contribution in [3.63, 3.8) is 0 Å². The lowest BCUT2D eigenvalue weighted by molar-refractivity contribution is 0.0860. The Hall–Kier alpha value is -1.64. The summed E-state index contributed by atoms with van der Waals surface area (Å²) in [6, 6.07) is 5.46. The monoisotopic (exact) mass is 217 g/mol. The Morgan fingerprint density at radius 2 is 2.00 bits per heavy atom. The molecule has 0 amide bonds. The maximum Gasteiger partial charge on any atom is 0.192 e. The number of oxazole rings is 1. The van der Waals surface area contributed by atoms with Crippen LogP contribution in [0.2, 0.25) is 0 Å². The summed E-state index contributed by atoms with van der Waals surface area (Å²) in [6.45, 7) is 7.49. The van der Waals surface area contributed by atoms with E-state index in [1.54, 1.807) is 13.0 Å². The molecule has 0 aliphatic rings. The van der Waals surface area contributed by atoms with E-state index in [4.69, 9.17) is 4.42 Å². The second-order valence-corrected chi connectivity index (χ2v) is 4.96. The first kappa shape index (κ1) is 10.9. The second-order valence-electron chi connectivity index (χ2n) is 4.96. The maximum absolute atomic E-state index is 12.2. The molecule has 0 saturated heterocycles. The van der Waals surface area contributed by atoms with Gasteiger partial charge in [-0.2, -0.15) is 0 Å². The number of para-hydroxylation sites is 1. The third-order valence-corrected chi connectivity index (χ3v) is 2.45. The number of nitrogens with zero attached hydrogens (tertiary/aromatic N) is 1. The van der Waals surface area contributed by atoms with Crippen LogP contribution in [-0.4, -0.2) is 10.8 Å². The minimum atomic E-state index is -0.402. The Labute approximate surface area is 94.5 Å². The number of Topliss-reactive ketones (excluding diaryl/α,β-unsaturated/α-hetero) is 1. The normalized spacial score (nSPS) is 12.0. The van der Waals surface area contributed by atoms with E-state index in [9.17, 15) is 4.79 Å². The van der Waals surface area contributed by atoms with Gasteiger partial charge in [-0.1, -0.05) is 26.8 Å². The average Bonchev–Trinajstić information content (AvgIpc) is 2.54. The molecule has 2 aromatic rings. The van der Waals surface area contributed by atoms with Gasteiger partial charge in [-0.25, -0.2) is 4.98 Å². The molecule has 2 rings (SSSR count). The summed E-state index contributed by atoms with van der Waals surface area (Å²) in [5, 5.41) is 0. The lowest BCUT2D eigenvalue weighted by Gasteiger charge is -2.16. The Balaban J connectivity index is 2.65. The van der Waals surface area contributed by atoms with Crippen molar-refractivity contribution in [1.82, 2.24) is 4.98 Å². The van der Waals surface area contributed by atoms with Crippen LogP contribution in [0.25, 0.3) is 11.1 Å². The van der Waals surface area contributed by atoms with Gasteiger partial charge in [-0.05, 0) is 12.1 Å². The van der Waals surface area contributed by atoms with Crippen molar-refractivity contribution < 1.29 is 9.21 Å². The summed E-state index contributed by atoms with van der Waals surface area (Å²) in [5.74, 6) is 0.676. The predicted molar refractivity (Wildman–Crippen MR) is 62.5 cm³/mol. The number of carbonyl (C=O) groups excluding carboxylic acids is 1. The first-order valence-corrected chi connectivity index (χ1v) is 5.30. The van der Waals surface area contributed by atoms with Crippen molar-refractivity contribution in [2.45, 2.75) is 27.7 Å². The summed E-state index contributed by atoms with van der Waals surface area (Å²) in [7, 11) is 0. The van der Waals surface area contributed by atoms with Gasteiger partial charge in [-0.3, -0.25) is 4.79 Å². The molecule has 0 N–H and O–H groups in total. The lowest BCUT2D eigenvalue weighted by Crippen LogP contribution is -2.20. The van der Waals surface area contributed by atoms with Gasteiger partial charge in [0.2, 0.25) is 0 Å². The van der Waals surface area contributed by atoms with Gasteiger partial charge in [0.15, 0.2) is 17.3 Å². The Kier molecular flexibility index (Phi) is 2.34. The van der Waals surface area contributed by atoms with Crippen molar-refractivity contribution in [2.24, 2.45) is 5.41 Å². The fourth-order valence-electron chi connectivity index (χ4n) is 1.65. The highest BCUT2D eigenvalue weighted by molar-refractivity contribution is 6.08. The van der Waals surface area contributed by atoms with Crippen LogP contribution >= 0.6 is 0 Å². The number of ketones is 1. The largest absolute Gasteiger partial charge is 0.441 e. The van der Waals surface area contributed by atoms with E-state index in [2.05, 4.69) is 4.98 Å². The smallest absolute Gasteiger partial charge is 0.192 e. The first-order chi connectivity index (χ1) is 7.39. The molecule has 0 saturated carbocycles. The van der Waals surface area contributed by atoms with E-state index in [1.807, 2.05) is 32.9 Å². The van der Waals surface area contributed by atoms with Crippen LogP contribution < -0.4 is 0 Å². The molecule has 0 radical (unpaired) electrons. The zero-order valence-corrected chi connectivity index (χ0v) is 10.00. The van der Waals surface area contributed by atoms with E-state index in [-0.39, 0.29) is 5.78 Å². The van der Waals surface area contributed by atoms with Gasteiger partial charge >= 0.3 is 0 Å². The number of hydrogen-bond acceptors (Lipinski definition) is 3. The van der Waals surface area contributed by atoms with E-state index >= 15 is 0 Å². The van der Waals surface area contributed by atoms with E-state index in [1.165, 1.54) is 0 Å². The summed E-state index contributed by atoms with van der Waals surface area (Å²) in [6.07, 6.45) is 0. The molecule has 0 spiro atoms. The Morgan fingerprint density at radius 3 is 2.62 bits per heavy atom. The number of aryl methyl sites for hydroxylation is 1. The molecular formula is C13H15NO2. The van der Waals surface area contributed by atoms with Crippen LogP contribution in [-0.2, 0) is 0 Å². The molecule has 0 aliphatic carbocycles. The highest BCUT2D eigenvalue weighted by Gasteiger charge is 2.25. The summed E-state index contributed by atoms with van der Waals surface area (Å²) in [4.78, 5) is 16.5. The molecule has 1 heterocycles. The molecule has 0 atom stereocenters. The van der Waals surface area contributed by atoms with Crippen molar-refractivity contribution >= 4 is 16.9 Å². The van der Waals surface area contributed by atoms with Crippen LogP contribution in [0.5, 0.6) is 0 Å². The quantitative estimate of drug-likeness (QED) is 0.688. The number of carbonyl (C=O) groups is 1. The third kappa shape index (κ3) is 1.73. The highest BCUT2D eigenvalue weighted by Crippen LogP contribution is 2.26. The van der Waals surface area contributed by atoms with Gasteiger partial charge in [0.25, 0.3) is 0 Å². The van der Waals surface area contributed by atoms with Crippen molar-refractivity contribution in [3.8, 4) is 0 Å². The van der Waals surface area contributed by atoms with Gasteiger partial charge in [0, 0.05) is 17.9 Å². The Morgan fingerprint density at radius 1 is 1.31 bits per heavy atom. The molecule has 3 nitrogen and oxygen atoms in total. The number of rotatable bonds is 1. The van der Waals surface area contributed by atoms with Crippen LogP contribution in [0.4, 0.5) is 0 Å². The minimum absolute atomic E-state index is 0.0893. The molecule has 1 aromatic carbocycles. The molecule has 0 aliphatic heterocycles. The second kappa shape index (κ2) is 3.44. The van der Waals surface area contributed by atoms with Crippen LogP contribution in [0.15, 0.2) is 22.6 Å². The average molecular weight is 217 g/mol. The first-order valence-electron chi connectivity index (χ1n) is 5.30. The maximum atomic E-state index is 12.2. The van der Waals surface area contributed by atoms with Crippen molar-refractivity contribution in [2.75, 3.05) is 0 Å². The van der Waals surface area contributed by atoms with Crippen LogP contribution in [0, 0.1) is 12.3 Å². The number of aromatic nitrogens is 1. The molecular weight excluding hydrogens is 202 g/mol. The van der Waals surface area contributed by atoms with E-state index in [0.29, 0.717) is 22.6 Å². The molecule has 1 aromatic heterocycles. The summed E-state index contributed by atoms with van der Waals surface area (Å²) < 4.78 is 5.41. The highest BCUT2D eigenvalue weighted by atomic mass is 16.3. The van der Waals surface area contributed by atoms with E-state index in [0.717, 1.165) is 0 Å². The zero-order chi connectivity index (χ0) is 11.9. The van der Waals surface area contributed by atoms with Gasteiger partial charge in [0.05, 0.1) is 0 Å². The molecule has 16 heavy (non-hydrogen) atoms. The Bertz CT molecular complexity index is 547.